The first-order valence-electron chi connectivity index (χ1n) is 8.07. The molecule has 0 radical (unpaired) electrons. The molecule has 2 heterocycles. The normalized spacial score (nSPS) is 16.3. The van der Waals surface area contributed by atoms with Crippen molar-refractivity contribution in [1.82, 2.24) is 15.6 Å². The number of fused-ring (bicyclic) bond motifs is 1. The number of anilines is 1. The topological polar surface area (TPSA) is 86.3 Å². The van der Waals surface area contributed by atoms with Crippen molar-refractivity contribution < 1.29 is 9.90 Å². The number of aromatic nitrogens is 1. The van der Waals surface area contributed by atoms with Gasteiger partial charge in [-0.1, -0.05) is 24.3 Å². The van der Waals surface area contributed by atoms with Crippen LogP contribution < -0.4 is 16.0 Å². The van der Waals surface area contributed by atoms with Crippen molar-refractivity contribution in [2.24, 2.45) is 0 Å². The number of carbonyl (C=O) groups excluding carboxylic acids is 1. The number of aliphatic hydroxyl groups is 1. The van der Waals surface area contributed by atoms with Gasteiger partial charge in [0.25, 0.3) is 5.91 Å². The number of halogens is 2. The van der Waals surface area contributed by atoms with Gasteiger partial charge in [-0.25, -0.2) is 4.98 Å². The van der Waals surface area contributed by atoms with Crippen molar-refractivity contribution in [1.29, 1.82) is 0 Å². The van der Waals surface area contributed by atoms with E-state index in [1.165, 1.54) is 17.3 Å². The van der Waals surface area contributed by atoms with Crippen LogP contribution in [0.1, 0.15) is 21.5 Å². The van der Waals surface area contributed by atoms with Crippen LogP contribution in [0, 0.1) is 0 Å². The van der Waals surface area contributed by atoms with E-state index in [1.54, 1.807) is 19.2 Å². The quantitative estimate of drug-likeness (QED) is 0.616. The lowest BCUT2D eigenvalue weighted by atomic mass is 9.93. The van der Waals surface area contributed by atoms with Gasteiger partial charge < -0.3 is 21.1 Å². The van der Waals surface area contributed by atoms with Gasteiger partial charge in [0.2, 0.25) is 0 Å². The van der Waals surface area contributed by atoms with Crippen molar-refractivity contribution in [2.75, 3.05) is 18.9 Å². The van der Waals surface area contributed by atoms with E-state index < -0.39 is 6.10 Å². The van der Waals surface area contributed by atoms with Crippen molar-refractivity contribution in [3.8, 4) is 0 Å². The molecule has 1 aliphatic rings. The minimum atomic E-state index is -0.646. The van der Waals surface area contributed by atoms with Crippen LogP contribution in [0.25, 0.3) is 0 Å². The highest BCUT2D eigenvalue weighted by Gasteiger charge is 2.24. The van der Waals surface area contributed by atoms with Crippen molar-refractivity contribution in [3.05, 3.63) is 59.3 Å². The third-order valence-electron chi connectivity index (χ3n) is 4.33. The highest BCUT2D eigenvalue weighted by atomic mass is 35.5. The summed E-state index contributed by atoms with van der Waals surface area (Å²) in [5, 5.41) is 19.4. The zero-order valence-electron chi connectivity index (χ0n) is 14.4. The van der Waals surface area contributed by atoms with Crippen LogP contribution in [0.2, 0.25) is 0 Å². The Morgan fingerprint density at radius 3 is 2.65 bits per heavy atom. The molecule has 0 saturated heterocycles. The first-order valence-corrected chi connectivity index (χ1v) is 8.07. The predicted molar refractivity (Wildman–Crippen MR) is 107 cm³/mol. The first kappa shape index (κ1) is 22.2. The highest BCUT2D eigenvalue weighted by molar-refractivity contribution is 5.94. The lowest BCUT2D eigenvalue weighted by molar-refractivity contribution is 0.0869. The molecule has 0 saturated carbocycles. The van der Waals surface area contributed by atoms with Gasteiger partial charge in [0, 0.05) is 32.4 Å². The van der Waals surface area contributed by atoms with Crippen molar-refractivity contribution >= 4 is 36.5 Å². The minimum absolute atomic E-state index is 0. The Kier molecular flexibility index (Phi) is 8.81. The summed E-state index contributed by atoms with van der Waals surface area (Å²) >= 11 is 0. The second-order valence-corrected chi connectivity index (χ2v) is 5.92. The summed E-state index contributed by atoms with van der Waals surface area (Å²) in [6, 6.07) is 11.6. The molecule has 8 heteroatoms. The average Bonchev–Trinajstić information content (AvgIpc) is 2.65. The Labute approximate surface area is 165 Å². The lowest BCUT2D eigenvalue weighted by Gasteiger charge is -2.30. The van der Waals surface area contributed by atoms with Crippen LogP contribution in [0.5, 0.6) is 0 Å². The Bertz CT molecular complexity index is 713. The van der Waals surface area contributed by atoms with E-state index in [0.29, 0.717) is 11.4 Å². The SMILES string of the molecule is CNc1ccc(C(=O)NCC(O)[C@@H]2Cc3ccccc3CN2)cn1.Cl.Cl. The van der Waals surface area contributed by atoms with Crippen LogP contribution in [-0.4, -0.2) is 41.7 Å². The molecule has 1 aromatic carbocycles. The molecule has 3 rings (SSSR count). The summed E-state index contributed by atoms with van der Waals surface area (Å²) < 4.78 is 0. The second kappa shape index (κ2) is 10.3. The molecule has 1 unspecified atom stereocenters. The molecule has 6 nitrogen and oxygen atoms in total. The van der Waals surface area contributed by atoms with Gasteiger partial charge in [0.05, 0.1) is 11.7 Å². The maximum absolute atomic E-state index is 12.1. The number of benzene rings is 1. The van der Waals surface area contributed by atoms with Crippen LogP contribution in [0.4, 0.5) is 5.82 Å². The molecule has 26 heavy (non-hydrogen) atoms. The van der Waals surface area contributed by atoms with E-state index >= 15 is 0 Å². The van der Waals surface area contributed by atoms with E-state index in [0.717, 1.165) is 13.0 Å². The smallest absolute Gasteiger partial charge is 0.252 e. The Hall–Kier alpha value is -1.86. The van der Waals surface area contributed by atoms with Gasteiger partial charge in [-0.05, 0) is 29.7 Å². The molecule has 0 bridgehead atoms. The third-order valence-corrected chi connectivity index (χ3v) is 4.33. The number of pyridine rings is 1. The zero-order chi connectivity index (χ0) is 16.9. The molecule has 1 aromatic heterocycles. The average molecular weight is 399 g/mol. The number of amides is 1. The van der Waals surface area contributed by atoms with E-state index in [2.05, 4.69) is 33.1 Å². The lowest BCUT2D eigenvalue weighted by Crippen LogP contribution is -2.49. The summed E-state index contributed by atoms with van der Waals surface area (Å²) in [6.45, 7) is 0.938. The first-order chi connectivity index (χ1) is 11.7. The fourth-order valence-electron chi connectivity index (χ4n) is 2.87. The van der Waals surface area contributed by atoms with Crippen molar-refractivity contribution in [3.63, 3.8) is 0 Å². The summed E-state index contributed by atoms with van der Waals surface area (Å²) in [6.07, 6.45) is 1.63. The molecule has 4 N–H and O–H groups in total. The van der Waals surface area contributed by atoms with Crippen LogP contribution in [0.15, 0.2) is 42.6 Å². The molecule has 0 aliphatic carbocycles. The second-order valence-electron chi connectivity index (χ2n) is 5.92. The Morgan fingerprint density at radius 1 is 1.27 bits per heavy atom. The standard InChI is InChI=1S/C18H22N4O2.2ClH/c1-19-17-7-6-14(10-21-17)18(24)22-11-16(23)15-8-12-4-2-3-5-13(12)9-20-15;;/h2-7,10,15-16,20,23H,8-9,11H2,1H3,(H,19,21)(H,22,24);2*1H/t15-,16?;;/m0../s1. The highest BCUT2D eigenvalue weighted by Crippen LogP contribution is 2.17. The molecular formula is C18H24Cl2N4O2. The number of aliphatic hydroxyl groups excluding tert-OH is 1. The number of nitrogens with zero attached hydrogens (tertiary/aromatic N) is 1. The van der Waals surface area contributed by atoms with Crippen molar-refractivity contribution in [2.45, 2.75) is 25.1 Å². The van der Waals surface area contributed by atoms with E-state index in [1.807, 2.05) is 12.1 Å². The van der Waals surface area contributed by atoms with Crippen LogP contribution >= 0.6 is 24.8 Å². The predicted octanol–water partition coefficient (Wildman–Crippen LogP) is 1.77. The van der Waals surface area contributed by atoms with Crippen LogP contribution in [0.3, 0.4) is 0 Å². The largest absolute Gasteiger partial charge is 0.390 e. The summed E-state index contributed by atoms with van der Waals surface area (Å²) in [5.41, 5.74) is 2.99. The summed E-state index contributed by atoms with van der Waals surface area (Å²) in [4.78, 5) is 16.2. The Balaban J connectivity index is 0.00000169. The van der Waals surface area contributed by atoms with Gasteiger partial charge in [-0.2, -0.15) is 0 Å². The number of hydrogen-bond acceptors (Lipinski definition) is 5. The number of nitrogens with one attached hydrogen (secondary N) is 3. The van der Waals surface area contributed by atoms with Gasteiger partial charge in [-0.15, -0.1) is 24.8 Å². The van der Waals surface area contributed by atoms with E-state index in [9.17, 15) is 9.90 Å². The van der Waals surface area contributed by atoms with Gasteiger partial charge in [0.1, 0.15) is 5.82 Å². The Morgan fingerprint density at radius 2 is 2.00 bits per heavy atom. The van der Waals surface area contributed by atoms with E-state index in [-0.39, 0.29) is 43.3 Å². The molecule has 1 amide bonds. The summed E-state index contributed by atoms with van der Waals surface area (Å²) in [7, 11) is 1.77. The minimum Gasteiger partial charge on any atom is -0.390 e. The molecular weight excluding hydrogens is 375 g/mol. The van der Waals surface area contributed by atoms with Crippen LogP contribution in [-0.2, 0) is 13.0 Å². The van der Waals surface area contributed by atoms with Gasteiger partial charge >= 0.3 is 0 Å². The number of carbonyl (C=O) groups is 1. The molecule has 2 aromatic rings. The monoisotopic (exact) mass is 398 g/mol. The molecule has 2 atom stereocenters. The number of hydrogen-bond donors (Lipinski definition) is 4. The fraction of sp³-hybridized carbons (Fsp3) is 0.333. The number of rotatable bonds is 5. The maximum Gasteiger partial charge on any atom is 0.252 e. The fourth-order valence-corrected chi connectivity index (χ4v) is 2.87. The molecule has 1 aliphatic heterocycles. The van der Waals surface area contributed by atoms with Gasteiger partial charge in [0.15, 0.2) is 0 Å². The molecule has 142 valence electrons. The zero-order valence-corrected chi connectivity index (χ0v) is 16.1. The maximum atomic E-state index is 12.1. The van der Waals surface area contributed by atoms with E-state index in [4.69, 9.17) is 0 Å². The summed E-state index contributed by atoms with van der Waals surface area (Å²) in [5.74, 6) is 0.470. The molecule has 0 fully saturated rings. The molecule has 0 spiro atoms. The third kappa shape index (κ3) is 5.32. The van der Waals surface area contributed by atoms with Gasteiger partial charge in [-0.3, -0.25) is 4.79 Å².